The Kier molecular flexibility index (Phi) is 4.22. The maximum absolute atomic E-state index is 9.02. The summed E-state index contributed by atoms with van der Waals surface area (Å²) in [6, 6.07) is 2.70. The monoisotopic (exact) mass is 237 g/mol. The molecule has 1 aliphatic rings. The van der Waals surface area contributed by atoms with Gasteiger partial charge in [0.05, 0.1) is 12.5 Å². The molecule has 1 atom stereocenters. The van der Waals surface area contributed by atoms with E-state index in [0.29, 0.717) is 12.5 Å². The number of hydrogen-bond donors (Lipinski definition) is 0. The van der Waals surface area contributed by atoms with E-state index in [4.69, 9.17) is 5.26 Å². The van der Waals surface area contributed by atoms with Crippen LogP contribution in [-0.4, -0.2) is 48.1 Å². The molecule has 0 saturated carbocycles. The summed E-state index contributed by atoms with van der Waals surface area (Å²) < 4.78 is 0. The number of nitriles is 1. The Morgan fingerprint density at radius 1 is 1.29 bits per heavy atom. The fourth-order valence-electron chi connectivity index (χ4n) is 2.96. The van der Waals surface area contributed by atoms with Crippen molar-refractivity contribution in [2.45, 2.75) is 52.6 Å². The highest BCUT2D eigenvalue weighted by Crippen LogP contribution is 2.30. The fraction of sp³-hybridized carbons (Fsp3) is 0.929. The van der Waals surface area contributed by atoms with E-state index in [1.54, 1.807) is 0 Å². The summed E-state index contributed by atoms with van der Waals surface area (Å²) in [5, 5.41) is 9.02. The van der Waals surface area contributed by atoms with Crippen molar-refractivity contribution in [3.8, 4) is 6.07 Å². The third-order valence-corrected chi connectivity index (χ3v) is 3.45. The molecule has 0 spiro atoms. The third kappa shape index (κ3) is 3.97. The van der Waals surface area contributed by atoms with Gasteiger partial charge in [-0.25, -0.2) is 0 Å². The van der Waals surface area contributed by atoms with Gasteiger partial charge in [0.25, 0.3) is 0 Å². The first-order valence-electron chi connectivity index (χ1n) is 6.48. The first-order chi connectivity index (χ1) is 7.65. The van der Waals surface area contributed by atoms with Crippen molar-refractivity contribution in [2.75, 3.05) is 26.7 Å². The summed E-state index contributed by atoms with van der Waals surface area (Å²) in [4.78, 5) is 4.88. The van der Waals surface area contributed by atoms with Crippen LogP contribution in [0.5, 0.6) is 0 Å². The second kappa shape index (κ2) is 4.96. The Morgan fingerprint density at radius 3 is 2.35 bits per heavy atom. The molecular weight excluding hydrogens is 210 g/mol. The van der Waals surface area contributed by atoms with E-state index in [2.05, 4.69) is 57.5 Å². The zero-order valence-corrected chi connectivity index (χ0v) is 12.2. The largest absolute Gasteiger partial charge is 0.304 e. The second-order valence-electron chi connectivity index (χ2n) is 7.18. The zero-order chi connectivity index (χ0) is 13.3. The van der Waals surface area contributed by atoms with Crippen molar-refractivity contribution >= 4 is 0 Å². The summed E-state index contributed by atoms with van der Waals surface area (Å²) >= 11 is 0. The lowest BCUT2D eigenvalue weighted by atomic mass is 9.90. The first kappa shape index (κ1) is 14.5. The molecule has 0 aromatic heterocycles. The molecule has 1 unspecified atom stereocenters. The highest BCUT2D eigenvalue weighted by Gasteiger charge is 2.37. The molecule has 98 valence electrons. The van der Waals surface area contributed by atoms with Crippen LogP contribution < -0.4 is 0 Å². The summed E-state index contributed by atoms with van der Waals surface area (Å²) in [5.41, 5.74) is 0.413. The van der Waals surface area contributed by atoms with Crippen molar-refractivity contribution in [2.24, 2.45) is 5.41 Å². The van der Waals surface area contributed by atoms with Crippen LogP contribution in [0.3, 0.4) is 0 Å². The normalized spacial score (nSPS) is 27.5. The van der Waals surface area contributed by atoms with Crippen molar-refractivity contribution in [3.63, 3.8) is 0 Å². The van der Waals surface area contributed by atoms with Crippen LogP contribution in [0.1, 0.15) is 41.0 Å². The zero-order valence-electron chi connectivity index (χ0n) is 12.2. The minimum absolute atomic E-state index is 0.129. The minimum atomic E-state index is 0.129. The van der Waals surface area contributed by atoms with Gasteiger partial charge in [-0.3, -0.25) is 4.90 Å². The molecule has 1 heterocycles. The van der Waals surface area contributed by atoms with Gasteiger partial charge in [0.2, 0.25) is 0 Å². The number of rotatable bonds is 1. The highest BCUT2D eigenvalue weighted by atomic mass is 15.3. The summed E-state index contributed by atoms with van der Waals surface area (Å²) in [7, 11) is 2.16. The van der Waals surface area contributed by atoms with Crippen molar-refractivity contribution in [1.29, 1.82) is 5.26 Å². The average Bonchev–Trinajstić information content (AvgIpc) is 2.21. The molecule has 1 saturated heterocycles. The molecule has 3 nitrogen and oxygen atoms in total. The van der Waals surface area contributed by atoms with E-state index < -0.39 is 0 Å². The van der Waals surface area contributed by atoms with Crippen LogP contribution in [0, 0.1) is 16.7 Å². The van der Waals surface area contributed by atoms with Gasteiger partial charge in [-0.05, 0) is 33.2 Å². The van der Waals surface area contributed by atoms with E-state index in [1.807, 2.05) is 0 Å². The Balaban J connectivity index is 2.98. The van der Waals surface area contributed by atoms with E-state index in [0.717, 1.165) is 19.6 Å². The van der Waals surface area contributed by atoms with Crippen LogP contribution in [0.4, 0.5) is 0 Å². The Hall–Kier alpha value is -0.590. The smallest absolute Gasteiger partial charge is 0.0638 e. The quantitative estimate of drug-likeness (QED) is 0.701. The van der Waals surface area contributed by atoms with Crippen LogP contribution in [0.2, 0.25) is 0 Å². The topological polar surface area (TPSA) is 30.3 Å². The van der Waals surface area contributed by atoms with Crippen LogP contribution in [0.25, 0.3) is 0 Å². The van der Waals surface area contributed by atoms with E-state index in [-0.39, 0.29) is 11.0 Å². The molecule has 1 aliphatic heterocycles. The maximum atomic E-state index is 9.02. The van der Waals surface area contributed by atoms with Gasteiger partial charge in [0.15, 0.2) is 0 Å². The van der Waals surface area contributed by atoms with Gasteiger partial charge >= 0.3 is 0 Å². The molecule has 0 aromatic carbocycles. The molecule has 3 heteroatoms. The highest BCUT2D eigenvalue weighted by molar-refractivity contribution is 4.95. The van der Waals surface area contributed by atoms with Gasteiger partial charge in [-0.15, -0.1) is 0 Å². The van der Waals surface area contributed by atoms with Gasteiger partial charge in [-0.2, -0.15) is 5.26 Å². The summed E-state index contributed by atoms with van der Waals surface area (Å²) in [5.74, 6) is 0. The van der Waals surface area contributed by atoms with Crippen molar-refractivity contribution in [3.05, 3.63) is 0 Å². The van der Waals surface area contributed by atoms with Gasteiger partial charge in [0, 0.05) is 31.2 Å². The third-order valence-electron chi connectivity index (χ3n) is 3.45. The molecule has 0 bridgehead atoms. The van der Waals surface area contributed by atoms with Crippen molar-refractivity contribution in [1.82, 2.24) is 9.80 Å². The lowest BCUT2D eigenvalue weighted by Crippen LogP contribution is -2.52. The van der Waals surface area contributed by atoms with Crippen LogP contribution in [-0.2, 0) is 0 Å². The Morgan fingerprint density at radius 2 is 1.88 bits per heavy atom. The Bertz CT molecular complexity index is 296. The van der Waals surface area contributed by atoms with Gasteiger partial charge < -0.3 is 4.90 Å². The van der Waals surface area contributed by atoms with E-state index in [1.165, 1.54) is 0 Å². The lowest BCUT2D eigenvalue weighted by molar-refractivity contribution is 0.0607. The average molecular weight is 237 g/mol. The first-order valence-corrected chi connectivity index (χ1v) is 6.48. The van der Waals surface area contributed by atoms with E-state index in [9.17, 15) is 0 Å². The number of nitrogens with zero attached hydrogens (tertiary/aromatic N) is 3. The predicted molar refractivity (Wildman–Crippen MR) is 71.8 cm³/mol. The molecule has 1 fully saturated rings. The number of likely N-dealkylation sites (N-methyl/N-ethyl adjacent to an activating group) is 1. The predicted octanol–water partition coefficient (Wildman–Crippen LogP) is 2.34. The number of hydrogen-bond acceptors (Lipinski definition) is 3. The van der Waals surface area contributed by atoms with Crippen LogP contribution >= 0.6 is 0 Å². The molecule has 1 rings (SSSR count). The SMILES string of the molecule is CN1CC(CC#N)N(C(C)(C)C)CC(C)(C)C1. The van der Waals surface area contributed by atoms with Gasteiger partial charge in [0.1, 0.15) is 0 Å². The summed E-state index contributed by atoms with van der Waals surface area (Å²) in [6.45, 7) is 14.5. The molecular formula is C14H27N3. The lowest BCUT2D eigenvalue weighted by Gasteiger charge is -2.42. The van der Waals surface area contributed by atoms with Gasteiger partial charge in [-0.1, -0.05) is 13.8 Å². The van der Waals surface area contributed by atoms with Crippen LogP contribution in [0.15, 0.2) is 0 Å². The van der Waals surface area contributed by atoms with Crippen molar-refractivity contribution < 1.29 is 0 Å². The Labute approximate surface area is 106 Å². The summed E-state index contributed by atoms with van der Waals surface area (Å²) in [6.07, 6.45) is 0.623. The van der Waals surface area contributed by atoms with E-state index >= 15 is 0 Å². The molecule has 0 amide bonds. The minimum Gasteiger partial charge on any atom is -0.304 e. The fourth-order valence-corrected chi connectivity index (χ4v) is 2.96. The molecule has 0 aliphatic carbocycles. The molecule has 17 heavy (non-hydrogen) atoms. The second-order valence-corrected chi connectivity index (χ2v) is 7.18. The molecule has 0 aromatic rings. The maximum Gasteiger partial charge on any atom is 0.0638 e. The molecule has 0 N–H and O–H groups in total. The molecule has 0 radical (unpaired) electrons. The standard InChI is InChI=1S/C14H27N3/c1-13(2,3)17-11-14(4,5)10-16(6)9-12(17)7-8-15/h12H,7,9-11H2,1-6H3.